The van der Waals surface area contributed by atoms with Crippen molar-refractivity contribution in [3.8, 4) is 0 Å². The summed E-state index contributed by atoms with van der Waals surface area (Å²) >= 11 is 0. The zero-order valence-corrected chi connectivity index (χ0v) is 11.2. The standard InChI is InChI=1S/C13H19N3O3/c1-9(2)18-8-11(14)13-15-12(19-16-13)6-5-10-4-3-7-17-10/h3-4,7,9,11H,5-6,8,14H2,1-2H3. The van der Waals surface area contributed by atoms with Gasteiger partial charge in [-0.15, -0.1) is 0 Å². The lowest BCUT2D eigenvalue weighted by Gasteiger charge is -2.10. The minimum atomic E-state index is -0.358. The Bertz CT molecular complexity index is 479. The number of rotatable bonds is 7. The van der Waals surface area contributed by atoms with Crippen molar-refractivity contribution in [2.45, 2.75) is 38.8 Å². The highest BCUT2D eigenvalue weighted by atomic mass is 16.5. The average Bonchev–Trinajstić information content (AvgIpc) is 3.04. The highest BCUT2D eigenvalue weighted by molar-refractivity contribution is 5.01. The van der Waals surface area contributed by atoms with Crippen LogP contribution < -0.4 is 5.73 Å². The molecule has 2 aromatic rings. The fourth-order valence-electron chi connectivity index (χ4n) is 1.58. The van der Waals surface area contributed by atoms with E-state index in [2.05, 4.69) is 10.1 Å². The number of nitrogens with zero attached hydrogens (tertiary/aromatic N) is 2. The molecule has 0 saturated heterocycles. The number of ether oxygens (including phenoxy) is 1. The van der Waals surface area contributed by atoms with Crippen molar-refractivity contribution in [2.75, 3.05) is 6.61 Å². The van der Waals surface area contributed by atoms with Crippen LogP contribution >= 0.6 is 0 Å². The monoisotopic (exact) mass is 265 g/mol. The van der Waals surface area contributed by atoms with Gasteiger partial charge in [-0.05, 0) is 26.0 Å². The van der Waals surface area contributed by atoms with E-state index < -0.39 is 0 Å². The van der Waals surface area contributed by atoms with Crippen LogP contribution in [0.25, 0.3) is 0 Å². The van der Waals surface area contributed by atoms with Gasteiger partial charge >= 0.3 is 0 Å². The molecule has 1 atom stereocenters. The largest absolute Gasteiger partial charge is 0.469 e. The molecule has 6 nitrogen and oxygen atoms in total. The van der Waals surface area contributed by atoms with Gasteiger partial charge < -0.3 is 19.4 Å². The molecule has 0 saturated carbocycles. The van der Waals surface area contributed by atoms with Crippen LogP contribution in [0.5, 0.6) is 0 Å². The first kappa shape index (κ1) is 13.8. The Labute approximate surface area is 111 Å². The molecule has 0 amide bonds. The summed E-state index contributed by atoms with van der Waals surface area (Å²) in [4.78, 5) is 4.26. The molecule has 0 fully saturated rings. The van der Waals surface area contributed by atoms with Crippen LogP contribution in [-0.2, 0) is 17.6 Å². The van der Waals surface area contributed by atoms with Crippen LogP contribution in [0.4, 0.5) is 0 Å². The van der Waals surface area contributed by atoms with Crippen molar-refractivity contribution in [3.63, 3.8) is 0 Å². The van der Waals surface area contributed by atoms with Crippen LogP contribution in [0.3, 0.4) is 0 Å². The van der Waals surface area contributed by atoms with Crippen molar-refractivity contribution in [2.24, 2.45) is 5.73 Å². The van der Waals surface area contributed by atoms with Crippen molar-refractivity contribution < 1.29 is 13.7 Å². The summed E-state index contributed by atoms with van der Waals surface area (Å²) < 4.78 is 15.8. The molecule has 2 aromatic heterocycles. The predicted octanol–water partition coefficient (Wildman–Crippen LogP) is 1.87. The van der Waals surface area contributed by atoms with Crippen molar-refractivity contribution in [1.29, 1.82) is 0 Å². The average molecular weight is 265 g/mol. The molecule has 0 spiro atoms. The van der Waals surface area contributed by atoms with Crippen LogP contribution in [0.1, 0.15) is 37.4 Å². The zero-order chi connectivity index (χ0) is 13.7. The molecule has 0 aliphatic carbocycles. The lowest BCUT2D eigenvalue weighted by Crippen LogP contribution is -2.20. The third-order valence-corrected chi connectivity index (χ3v) is 2.59. The molecular weight excluding hydrogens is 246 g/mol. The summed E-state index contributed by atoms with van der Waals surface area (Å²) in [6.07, 6.45) is 3.15. The highest BCUT2D eigenvalue weighted by Gasteiger charge is 2.15. The van der Waals surface area contributed by atoms with Gasteiger partial charge in [0.2, 0.25) is 5.89 Å². The van der Waals surface area contributed by atoms with E-state index in [1.807, 2.05) is 26.0 Å². The minimum absolute atomic E-state index is 0.136. The zero-order valence-electron chi connectivity index (χ0n) is 11.2. The van der Waals surface area contributed by atoms with Gasteiger partial charge in [-0.3, -0.25) is 0 Å². The number of aromatic nitrogens is 2. The molecule has 0 aliphatic rings. The number of nitrogens with two attached hydrogens (primary N) is 1. The van der Waals surface area contributed by atoms with Gasteiger partial charge in [0.1, 0.15) is 5.76 Å². The first-order valence-electron chi connectivity index (χ1n) is 6.37. The molecule has 2 N–H and O–H groups in total. The van der Waals surface area contributed by atoms with Gasteiger partial charge in [-0.2, -0.15) is 4.98 Å². The first-order chi connectivity index (χ1) is 9.15. The highest BCUT2D eigenvalue weighted by Crippen LogP contribution is 2.10. The third-order valence-electron chi connectivity index (χ3n) is 2.59. The van der Waals surface area contributed by atoms with Gasteiger partial charge in [-0.1, -0.05) is 5.16 Å². The number of furan rings is 1. The maximum atomic E-state index is 5.92. The maximum absolute atomic E-state index is 5.92. The minimum Gasteiger partial charge on any atom is -0.469 e. The molecule has 0 radical (unpaired) electrons. The van der Waals surface area contributed by atoms with E-state index >= 15 is 0 Å². The first-order valence-corrected chi connectivity index (χ1v) is 6.37. The van der Waals surface area contributed by atoms with E-state index in [0.29, 0.717) is 24.7 Å². The van der Waals surface area contributed by atoms with E-state index in [1.165, 1.54) is 0 Å². The molecule has 0 bridgehead atoms. The topological polar surface area (TPSA) is 87.3 Å². The second kappa shape index (κ2) is 6.49. The van der Waals surface area contributed by atoms with Gasteiger partial charge in [0.25, 0.3) is 0 Å². The Morgan fingerprint density at radius 3 is 2.89 bits per heavy atom. The van der Waals surface area contributed by atoms with Crippen molar-refractivity contribution in [1.82, 2.24) is 10.1 Å². The summed E-state index contributed by atoms with van der Waals surface area (Å²) in [5.41, 5.74) is 5.92. The second-order valence-electron chi connectivity index (χ2n) is 4.61. The van der Waals surface area contributed by atoms with Gasteiger partial charge in [0, 0.05) is 12.8 Å². The molecule has 6 heteroatoms. The lowest BCUT2D eigenvalue weighted by molar-refractivity contribution is 0.0665. The summed E-state index contributed by atoms with van der Waals surface area (Å²) in [5, 5.41) is 3.87. The summed E-state index contributed by atoms with van der Waals surface area (Å²) in [7, 11) is 0. The second-order valence-corrected chi connectivity index (χ2v) is 4.61. The van der Waals surface area contributed by atoms with Crippen LogP contribution in [-0.4, -0.2) is 22.9 Å². The molecule has 0 aliphatic heterocycles. The predicted molar refractivity (Wildman–Crippen MR) is 68.4 cm³/mol. The van der Waals surface area contributed by atoms with E-state index in [4.69, 9.17) is 19.4 Å². The van der Waals surface area contributed by atoms with Gasteiger partial charge in [0.05, 0.1) is 25.0 Å². The lowest BCUT2D eigenvalue weighted by atomic mass is 10.2. The van der Waals surface area contributed by atoms with Gasteiger partial charge in [0.15, 0.2) is 5.82 Å². The molecule has 2 rings (SSSR count). The fourth-order valence-corrected chi connectivity index (χ4v) is 1.58. The van der Waals surface area contributed by atoms with Crippen LogP contribution in [0, 0.1) is 0 Å². The van der Waals surface area contributed by atoms with Gasteiger partial charge in [-0.25, -0.2) is 0 Å². The molecular formula is C13H19N3O3. The Morgan fingerprint density at radius 2 is 2.21 bits per heavy atom. The van der Waals surface area contributed by atoms with Crippen LogP contribution in [0.2, 0.25) is 0 Å². The number of aryl methyl sites for hydroxylation is 2. The van der Waals surface area contributed by atoms with E-state index in [9.17, 15) is 0 Å². The molecule has 2 heterocycles. The summed E-state index contributed by atoms with van der Waals surface area (Å²) in [6, 6.07) is 3.41. The molecule has 0 aromatic carbocycles. The van der Waals surface area contributed by atoms with Crippen LogP contribution in [0.15, 0.2) is 27.3 Å². The normalized spacial score (nSPS) is 13.1. The Morgan fingerprint density at radius 1 is 1.37 bits per heavy atom. The molecule has 104 valence electrons. The van der Waals surface area contributed by atoms with E-state index in [-0.39, 0.29) is 12.1 Å². The van der Waals surface area contributed by atoms with Crippen molar-refractivity contribution >= 4 is 0 Å². The third kappa shape index (κ3) is 4.18. The van der Waals surface area contributed by atoms with Crippen molar-refractivity contribution in [3.05, 3.63) is 35.9 Å². The molecule has 1 unspecified atom stereocenters. The molecule has 19 heavy (non-hydrogen) atoms. The Balaban J connectivity index is 1.84. The Hall–Kier alpha value is -1.66. The number of hydrogen-bond acceptors (Lipinski definition) is 6. The summed E-state index contributed by atoms with van der Waals surface area (Å²) in [6.45, 7) is 4.30. The number of hydrogen-bond donors (Lipinski definition) is 1. The smallest absolute Gasteiger partial charge is 0.227 e. The Kier molecular flexibility index (Phi) is 4.70. The quantitative estimate of drug-likeness (QED) is 0.822. The fraction of sp³-hybridized carbons (Fsp3) is 0.538. The van der Waals surface area contributed by atoms with E-state index in [0.717, 1.165) is 12.2 Å². The summed E-state index contributed by atoms with van der Waals surface area (Å²) in [5.74, 6) is 1.94. The SMILES string of the molecule is CC(C)OCC(N)c1noc(CCc2ccco2)n1. The van der Waals surface area contributed by atoms with E-state index in [1.54, 1.807) is 6.26 Å². The maximum Gasteiger partial charge on any atom is 0.227 e.